The van der Waals surface area contributed by atoms with Gasteiger partial charge < -0.3 is 4.90 Å². The van der Waals surface area contributed by atoms with Gasteiger partial charge in [-0.15, -0.1) is 0 Å². The molecule has 4 heteroatoms. The van der Waals surface area contributed by atoms with Gasteiger partial charge in [0.05, 0.1) is 0 Å². The van der Waals surface area contributed by atoms with Crippen LogP contribution in [0.25, 0.3) is 0 Å². The Morgan fingerprint density at radius 3 is 2.77 bits per heavy atom. The fourth-order valence-corrected chi connectivity index (χ4v) is 1.51. The largest absolute Gasteiger partial charge is 0.354 e. The van der Waals surface area contributed by atoms with Gasteiger partial charge in [-0.05, 0) is 5.92 Å². The molecule has 0 N–H and O–H groups in total. The highest BCUT2D eigenvalue weighted by Gasteiger charge is 2.25. The number of hydrogen-bond acceptors (Lipinski definition) is 4. The first-order chi connectivity index (χ1) is 6.31. The Balaban J connectivity index is 2.26. The van der Waals surface area contributed by atoms with E-state index in [9.17, 15) is 0 Å². The smallest absolute Gasteiger partial charge is 0.183 e. The molecule has 13 heavy (non-hydrogen) atoms. The molecule has 1 aromatic rings. The molecule has 0 radical (unpaired) electrons. The minimum Gasteiger partial charge on any atom is -0.354 e. The zero-order valence-corrected chi connectivity index (χ0v) is 7.44. The topological polar surface area (TPSA) is 52.8 Å². The molecule has 0 amide bonds. The van der Waals surface area contributed by atoms with Crippen LogP contribution in [0.2, 0.25) is 0 Å². The molecule has 4 nitrogen and oxygen atoms in total. The van der Waals surface area contributed by atoms with Gasteiger partial charge in [-0.25, -0.2) is 9.97 Å². The first-order valence-corrected chi connectivity index (χ1v) is 4.27. The van der Waals surface area contributed by atoms with Crippen LogP contribution in [0.1, 0.15) is 12.6 Å². The van der Waals surface area contributed by atoms with Gasteiger partial charge in [-0.1, -0.05) is 6.92 Å². The summed E-state index contributed by atoms with van der Waals surface area (Å²) < 4.78 is 0. The summed E-state index contributed by atoms with van der Waals surface area (Å²) in [6.07, 6.45) is 3.17. The van der Waals surface area contributed by atoms with Crippen LogP contribution in [0.15, 0.2) is 12.4 Å². The van der Waals surface area contributed by atoms with Gasteiger partial charge in [0.1, 0.15) is 6.07 Å². The molecule has 1 aromatic heterocycles. The lowest BCUT2D eigenvalue weighted by Crippen LogP contribution is -2.46. The summed E-state index contributed by atoms with van der Waals surface area (Å²) in [6, 6.07) is 2.04. The third kappa shape index (κ3) is 1.33. The molecule has 0 aromatic carbocycles. The number of rotatable bonds is 1. The minimum atomic E-state index is 0.425. The van der Waals surface area contributed by atoms with E-state index in [2.05, 4.69) is 21.8 Å². The molecule has 0 spiro atoms. The van der Waals surface area contributed by atoms with Gasteiger partial charge in [0.2, 0.25) is 0 Å². The summed E-state index contributed by atoms with van der Waals surface area (Å²) >= 11 is 0. The van der Waals surface area contributed by atoms with Crippen LogP contribution in [-0.4, -0.2) is 23.1 Å². The van der Waals surface area contributed by atoms with Crippen molar-refractivity contribution in [3.63, 3.8) is 0 Å². The van der Waals surface area contributed by atoms with Gasteiger partial charge in [0.15, 0.2) is 11.5 Å². The van der Waals surface area contributed by atoms with Crippen molar-refractivity contribution in [2.75, 3.05) is 18.0 Å². The van der Waals surface area contributed by atoms with Crippen LogP contribution in [-0.2, 0) is 0 Å². The molecule has 0 aliphatic carbocycles. The molecule has 1 aliphatic rings. The van der Waals surface area contributed by atoms with E-state index in [1.54, 1.807) is 12.4 Å². The van der Waals surface area contributed by atoms with E-state index in [0.717, 1.165) is 18.9 Å². The Labute approximate surface area is 76.8 Å². The number of aromatic nitrogens is 2. The Morgan fingerprint density at radius 1 is 1.46 bits per heavy atom. The zero-order chi connectivity index (χ0) is 9.26. The molecule has 2 rings (SSSR count). The molecule has 66 valence electrons. The normalized spacial score (nSPS) is 16.5. The standard InChI is InChI=1S/C9H10N4/c1-7-5-13(6-7)9-8(4-10)11-2-3-12-9/h2-3,7H,5-6H2,1H3. The van der Waals surface area contributed by atoms with E-state index >= 15 is 0 Å². The number of nitrogens with zero attached hydrogens (tertiary/aromatic N) is 4. The van der Waals surface area contributed by atoms with Gasteiger partial charge in [-0.3, -0.25) is 0 Å². The van der Waals surface area contributed by atoms with E-state index in [-0.39, 0.29) is 0 Å². The maximum atomic E-state index is 8.77. The molecule has 1 saturated heterocycles. The summed E-state index contributed by atoms with van der Waals surface area (Å²) in [5.74, 6) is 1.43. The Hall–Kier alpha value is -1.63. The summed E-state index contributed by atoms with van der Waals surface area (Å²) in [5, 5.41) is 8.77. The second-order valence-electron chi connectivity index (χ2n) is 3.35. The highest BCUT2D eigenvalue weighted by atomic mass is 15.2. The maximum absolute atomic E-state index is 8.77. The molecule has 0 atom stereocenters. The van der Waals surface area contributed by atoms with Crippen molar-refractivity contribution in [1.82, 2.24) is 9.97 Å². The fraction of sp³-hybridized carbons (Fsp3) is 0.444. The van der Waals surface area contributed by atoms with Crippen molar-refractivity contribution in [3.8, 4) is 6.07 Å². The summed E-state index contributed by atoms with van der Waals surface area (Å²) in [4.78, 5) is 10.2. The number of anilines is 1. The second kappa shape index (κ2) is 3.02. The van der Waals surface area contributed by atoms with Crippen LogP contribution in [0.4, 0.5) is 5.82 Å². The van der Waals surface area contributed by atoms with E-state index in [1.807, 2.05) is 6.07 Å². The highest BCUT2D eigenvalue weighted by molar-refractivity contribution is 5.51. The molecule has 0 bridgehead atoms. The average Bonchev–Trinajstić information content (AvgIpc) is 2.13. The van der Waals surface area contributed by atoms with Gasteiger partial charge in [0, 0.05) is 25.5 Å². The molecular formula is C9H10N4. The van der Waals surface area contributed by atoms with Crippen molar-refractivity contribution in [2.24, 2.45) is 5.92 Å². The fourth-order valence-electron chi connectivity index (χ4n) is 1.51. The predicted molar refractivity (Wildman–Crippen MR) is 48.1 cm³/mol. The third-order valence-electron chi connectivity index (χ3n) is 2.15. The van der Waals surface area contributed by atoms with Crippen molar-refractivity contribution in [3.05, 3.63) is 18.1 Å². The quantitative estimate of drug-likeness (QED) is 0.632. The lowest BCUT2D eigenvalue weighted by Gasteiger charge is -2.38. The van der Waals surface area contributed by atoms with Gasteiger partial charge in [0.25, 0.3) is 0 Å². The molecule has 2 heterocycles. The second-order valence-corrected chi connectivity index (χ2v) is 3.35. The van der Waals surface area contributed by atoms with Gasteiger partial charge >= 0.3 is 0 Å². The van der Waals surface area contributed by atoms with E-state index in [4.69, 9.17) is 5.26 Å². The first kappa shape index (κ1) is 7.99. The van der Waals surface area contributed by atoms with Crippen LogP contribution < -0.4 is 4.90 Å². The van der Waals surface area contributed by atoms with Crippen LogP contribution >= 0.6 is 0 Å². The first-order valence-electron chi connectivity index (χ1n) is 4.27. The monoisotopic (exact) mass is 174 g/mol. The third-order valence-corrected chi connectivity index (χ3v) is 2.15. The average molecular weight is 174 g/mol. The van der Waals surface area contributed by atoms with Crippen molar-refractivity contribution >= 4 is 5.82 Å². The SMILES string of the molecule is CC1CN(c2nccnc2C#N)C1. The van der Waals surface area contributed by atoms with Crippen LogP contribution in [0.3, 0.4) is 0 Å². The molecular weight excluding hydrogens is 164 g/mol. The zero-order valence-electron chi connectivity index (χ0n) is 7.44. The molecule has 0 saturated carbocycles. The lowest BCUT2D eigenvalue weighted by molar-refractivity contribution is 0.442. The van der Waals surface area contributed by atoms with Crippen LogP contribution in [0.5, 0.6) is 0 Å². The van der Waals surface area contributed by atoms with E-state index in [1.165, 1.54) is 0 Å². The summed E-state index contributed by atoms with van der Waals surface area (Å²) in [5.41, 5.74) is 0.425. The predicted octanol–water partition coefficient (Wildman–Crippen LogP) is 0.804. The van der Waals surface area contributed by atoms with E-state index in [0.29, 0.717) is 11.6 Å². The Kier molecular flexibility index (Phi) is 1.85. The highest BCUT2D eigenvalue weighted by Crippen LogP contribution is 2.23. The Morgan fingerprint density at radius 2 is 2.15 bits per heavy atom. The van der Waals surface area contributed by atoms with Crippen molar-refractivity contribution < 1.29 is 0 Å². The molecule has 1 fully saturated rings. The lowest BCUT2D eigenvalue weighted by atomic mass is 10.0. The van der Waals surface area contributed by atoms with Crippen molar-refractivity contribution in [2.45, 2.75) is 6.92 Å². The number of hydrogen-bond donors (Lipinski definition) is 0. The summed E-state index contributed by atoms with van der Waals surface area (Å²) in [7, 11) is 0. The van der Waals surface area contributed by atoms with Crippen molar-refractivity contribution in [1.29, 1.82) is 5.26 Å². The minimum absolute atomic E-state index is 0.425. The Bertz CT molecular complexity index is 349. The summed E-state index contributed by atoms with van der Waals surface area (Å²) in [6.45, 7) is 4.14. The van der Waals surface area contributed by atoms with Crippen LogP contribution in [0, 0.1) is 17.2 Å². The molecule has 0 unspecified atom stereocenters. The number of nitriles is 1. The molecule has 1 aliphatic heterocycles. The maximum Gasteiger partial charge on any atom is 0.183 e. The van der Waals surface area contributed by atoms with E-state index < -0.39 is 0 Å². The van der Waals surface area contributed by atoms with Gasteiger partial charge in [-0.2, -0.15) is 5.26 Å².